The first kappa shape index (κ1) is 9.42. The van der Waals surface area contributed by atoms with Crippen LogP contribution in [0.4, 0.5) is 10.1 Å². The second-order valence-corrected chi connectivity index (χ2v) is 5.93. The summed E-state index contributed by atoms with van der Waals surface area (Å²) < 4.78 is 1.23. The number of hydrogen-bond acceptors (Lipinski definition) is 5. The number of anilines is 2. The minimum atomic E-state index is 0.869. The molecular weight excluding hydrogens is 226 g/mol. The maximum absolute atomic E-state index is 5.74. The fraction of sp³-hybridized carbons (Fsp3) is 0.500. The van der Waals surface area contributed by atoms with Crippen molar-refractivity contribution in [1.82, 2.24) is 4.98 Å². The Labute approximate surface area is 96.5 Å². The van der Waals surface area contributed by atoms with Crippen LogP contribution in [0.25, 0.3) is 9.53 Å². The average molecular weight is 239 g/mol. The molecule has 2 aromatic heterocycles. The van der Waals surface area contributed by atoms with Gasteiger partial charge in [-0.05, 0) is 25.3 Å². The summed E-state index contributed by atoms with van der Waals surface area (Å²) in [6.45, 7) is 2.33. The summed E-state index contributed by atoms with van der Waals surface area (Å²) in [6.07, 6.45) is 3.97. The van der Waals surface area contributed by atoms with Gasteiger partial charge >= 0.3 is 0 Å². The maximum atomic E-state index is 5.74. The van der Waals surface area contributed by atoms with Gasteiger partial charge in [0, 0.05) is 13.1 Å². The third kappa shape index (κ3) is 1.70. The highest BCUT2D eigenvalue weighted by molar-refractivity contribution is 7.30. The number of hydrogen-bond donors (Lipinski definition) is 1. The molecule has 80 valence electrons. The molecule has 0 unspecified atom stereocenters. The molecule has 2 N–H and O–H groups in total. The lowest BCUT2D eigenvalue weighted by atomic mass is 10.1. The van der Waals surface area contributed by atoms with Gasteiger partial charge in [0.2, 0.25) is 0 Å². The van der Waals surface area contributed by atoms with E-state index in [0.717, 1.165) is 22.9 Å². The van der Waals surface area contributed by atoms with Crippen molar-refractivity contribution in [3.63, 3.8) is 0 Å². The Morgan fingerprint density at radius 2 is 2.00 bits per heavy atom. The van der Waals surface area contributed by atoms with E-state index in [1.807, 2.05) is 6.07 Å². The minimum absolute atomic E-state index is 0.869. The van der Waals surface area contributed by atoms with Crippen LogP contribution < -0.4 is 10.6 Å². The van der Waals surface area contributed by atoms with Crippen LogP contribution in [0.3, 0.4) is 0 Å². The predicted octanol–water partition coefficient (Wildman–Crippen LogP) is 2.93. The zero-order chi connectivity index (χ0) is 10.3. The van der Waals surface area contributed by atoms with E-state index in [2.05, 4.69) is 9.88 Å². The van der Waals surface area contributed by atoms with Gasteiger partial charge in [-0.25, -0.2) is 4.98 Å². The topological polar surface area (TPSA) is 42.1 Å². The predicted molar refractivity (Wildman–Crippen MR) is 68.0 cm³/mol. The lowest BCUT2D eigenvalue weighted by molar-refractivity contribution is 0.577. The molecule has 15 heavy (non-hydrogen) atoms. The van der Waals surface area contributed by atoms with Gasteiger partial charge in [-0.3, -0.25) is 0 Å². The highest BCUT2D eigenvalue weighted by Gasteiger charge is 2.15. The van der Waals surface area contributed by atoms with Crippen LogP contribution in [0.15, 0.2) is 6.07 Å². The molecule has 0 radical (unpaired) electrons. The Balaban J connectivity index is 1.93. The van der Waals surface area contributed by atoms with Crippen LogP contribution >= 0.6 is 22.7 Å². The van der Waals surface area contributed by atoms with E-state index >= 15 is 0 Å². The van der Waals surface area contributed by atoms with Crippen molar-refractivity contribution in [3.05, 3.63) is 6.07 Å². The van der Waals surface area contributed by atoms with Crippen LogP contribution in [-0.2, 0) is 0 Å². The van der Waals surface area contributed by atoms with E-state index in [0.29, 0.717) is 0 Å². The molecule has 1 saturated heterocycles. The third-order valence-electron chi connectivity index (χ3n) is 2.72. The highest BCUT2D eigenvalue weighted by Crippen LogP contribution is 2.36. The van der Waals surface area contributed by atoms with Gasteiger partial charge in [0.05, 0.1) is 9.70 Å². The number of thiophene rings is 1. The molecule has 3 heterocycles. The number of nitrogen functional groups attached to an aromatic ring is 1. The maximum Gasteiger partial charge on any atom is 0.187 e. The lowest BCUT2D eigenvalue weighted by Crippen LogP contribution is -2.29. The van der Waals surface area contributed by atoms with E-state index in [1.165, 1.54) is 29.1 Å². The molecule has 0 saturated carbocycles. The molecule has 1 fully saturated rings. The van der Waals surface area contributed by atoms with Gasteiger partial charge in [-0.2, -0.15) is 0 Å². The van der Waals surface area contributed by atoms with Gasteiger partial charge in [-0.15, -0.1) is 0 Å². The van der Waals surface area contributed by atoms with Crippen LogP contribution in [0, 0.1) is 0 Å². The molecule has 0 aliphatic carbocycles. The molecule has 0 aromatic carbocycles. The van der Waals surface area contributed by atoms with Gasteiger partial charge in [0.25, 0.3) is 0 Å². The molecule has 2 aromatic rings. The summed E-state index contributed by atoms with van der Waals surface area (Å²) >= 11 is 3.36. The first-order valence-corrected chi connectivity index (χ1v) is 6.87. The van der Waals surface area contributed by atoms with Crippen LogP contribution in [0.5, 0.6) is 0 Å². The van der Waals surface area contributed by atoms with Crippen molar-refractivity contribution >= 4 is 42.3 Å². The first-order valence-electron chi connectivity index (χ1n) is 5.24. The summed E-state index contributed by atoms with van der Waals surface area (Å²) in [5.41, 5.74) is 5.74. The van der Waals surface area contributed by atoms with Crippen molar-refractivity contribution in [2.45, 2.75) is 19.3 Å². The smallest absolute Gasteiger partial charge is 0.187 e. The zero-order valence-corrected chi connectivity index (χ0v) is 10.0. The van der Waals surface area contributed by atoms with Crippen molar-refractivity contribution in [3.8, 4) is 0 Å². The first-order chi connectivity index (χ1) is 7.33. The van der Waals surface area contributed by atoms with Crippen molar-refractivity contribution in [1.29, 1.82) is 0 Å². The highest BCUT2D eigenvalue weighted by atomic mass is 32.1. The minimum Gasteiger partial charge on any atom is -0.390 e. The van der Waals surface area contributed by atoms with Crippen LogP contribution in [-0.4, -0.2) is 18.1 Å². The Morgan fingerprint density at radius 1 is 1.20 bits per heavy atom. The van der Waals surface area contributed by atoms with Gasteiger partial charge in [0.15, 0.2) is 5.13 Å². The van der Waals surface area contributed by atoms with E-state index in [1.54, 1.807) is 22.7 Å². The Kier molecular flexibility index (Phi) is 2.29. The van der Waals surface area contributed by atoms with Crippen molar-refractivity contribution in [2.24, 2.45) is 0 Å². The fourth-order valence-electron chi connectivity index (χ4n) is 1.96. The summed E-state index contributed by atoms with van der Waals surface area (Å²) in [4.78, 5) is 8.14. The number of rotatable bonds is 1. The number of aromatic nitrogens is 1. The number of piperidine rings is 1. The van der Waals surface area contributed by atoms with E-state index in [-0.39, 0.29) is 0 Å². The quantitative estimate of drug-likeness (QED) is 0.832. The molecule has 1 aliphatic rings. The van der Waals surface area contributed by atoms with Crippen LogP contribution in [0.1, 0.15) is 19.3 Å². The normalized spacial score (nSPS) is 17.5. The molecule has 0 bridgehead atoms. The lowest BCUT2D eigenvalue weighted by Gasteiger charge is -2.25. The Morgan fingerprint density at radius 3 is 2.73 bits per heavy atom. The number of fused-ring (bicyclic) bond motifs is 1. The Bertz CT molecular complexity index is 436. The molecule has 1 aliphatic heterocycles. The SMILES string of the molecule is Nc1cc2sc(N3CCCCC3)nc2s1. The number of nitrogens with two attached hydrogens (primary N) is 1. The van der Waals surface area contributed by atoms with E-state index in [9.17, 15) is 0 Å². The van der Waals surface area contributed by atoms with E-state index < -0.39 is 0 Å². The molecule has 3 rings (SSSR count). The summed E-state index contributed by atoms with van der Waals surface area (Å²) in [6, 6.07) is 2.03. The van der Waals surface area contributed by atoms with Gasteiger partial charge in [0.1, 0.15) is 4.83 Å². The largest absolute Gasteiger partial charge is 0.390 e. The number of thiazole rings is 1. The monoisotopic (exact) mass is 239 g/mol. The summed E-state index contributed by atoms with van der Waals surface area (Å²) in [5.74, 6) is 0. The third-order valence-corrected chi connectivity index (χ3v) is 4.77. The fourth-order valence-corrected chi connectivity index (χ4v) is 4.00. The molecular formula is C10H13N3S2. The summed E-state index contributed by atoms with van der Waals surface area (Å²) in [5, 5.41) is 2.05. The molecule has 5 heteroatoms. The molecule has 0 spiro atoms. The molecule has 0 atom stereocenters. The average Bonchev–Trinajstić information content (AvgIpc) is 2.76. The van der Waals surface area contributed by atoms with Crippen molar-refractivity contribution in [2.75, 3.05) is 23.7 Å². The van der Waals surface area contributed by atoms with Crippen LogP contribution in [0.2, 0.25) is 0 Å². The van der Waals surface area contributed by atoms with Gasteiger partial charge < -0.3 is 10.6 Å². The zero-order valence-electron chi connectivity index (χ0n) is 8.40. The second-order valence-electron chi connectivity index (χ2n) is 3.86. The van der Waals surface area contributed by atoms with Gasteiger partial charge in [-0.1, -0.05) is 22.7 Å². The second kappa shape index (κ2) is 3.64. The standard InChI is InChI=1S/C10H13N3S2/c11-8-6-7-9(15-8)12-10(14-7)13-4-2-1-3-5-13/h6H,1-5,11H2. The molecule has 3 nitrogen and oxygen atoms in total. The molecule has 0 amide bonds. The number of nitrogens with zero attached hydrogens (tertiary/aromatic N) is 2. The Hall–Kier alpha value is -0.810. The summed E-state index contributed by atoms with van der Waals surface area (Å²) in [7, 11) is 0. The van der Waals surface area contributed by atoms with Crippen molar-refractivity contribution < 1.29 is 0 Å². The van der Waals surface area contributed by atoms with E-state index in [4.69, 9.17) is 5.73 Å².